The molecule has 21 heavy (non-hydrogen) atoms. The van der Waals surface area contributed by atoms with E-state index in [0.717, 1.165) is 37.8 Å². The first-order valence-electron chi connectivity index (χ1n) is 6.90. The van der Waals surface area contributed by atoms with Gasteiger partial charge in [0.1, 0.15) is 11.3 Å². The van der Waals surface area contributed by atoms with Crippen LogP contribution in [0.1, 0.15) is 44.1 Å². The molecule has 0 N–H and O–H groups in total. The van der Waals surface area contributed by atoms with E-state index in [1.165, 1.54) is 0 Å². The van der Waals surface area contributed by atoms with Gasteiger partial charge in [-0.05, 0) is 31.7 Å². The molecule has 1 aliphatic carbocycles. The van der Waals surface area contributed by atoms with Crippen molar-refractivity contribution in [2.75, 3.05) is 0 Å². The van der Waals surface area contributed by atoms with Gasteiger partial charge in [0.25, 0.3) is 5.69 Å². The lowest BCUT2D eigenvalue weighted by molar-refractivity contribution is -0.385. The third-order valence-corrected chi connectivity index (χ3v) is 3.58. The van der Waals surface area contributed by atoms with E-state index in [9.17, 15) is 23.3 Å². The average molecular weight is 303 g/mol. The number of halogens is 3. The predicted octanol–water partition coefficient (Wildman–Crippen LogP) is 4.72. The Labute approximate surface area is 120 Å². The highest BCUT2D eigenvalue weighted by Crippen LogP contribution is 2.39. The second-order valence-electron chi connectivity index (χ2n) is 5.17. The van der Waals surface area contributed by atoms with E-state index < -0.39 is 22.4 Å². The third kappa shape index (κ3) is 4.09. The molecule has 0 radical (unpaired) electrons. The molecule has 0 heterocycles. The van der Waals surface area contributed by atoms with Gasteiger partial charge in [-0.2, -0.15) is 13.2 Å². The van der Waals surface area contributed by atoms with Crippen LogP contribution < -0.4 is 4.74 Å². The summed E-state index contributed by atoms with van der Waals surface area (Å²) >= 11 is 0. The molecule has 0 aliphatic heterocycles. The van der Waals surface area contributed by atoms with Crippen molar-refractivity contribution >= 4 is 5.69 Å². The second kappa shape index (κ2) is 6.32. The summed E-state index contributed by atoms with van der Waals surface area (Å²) in [5, 5.41) is 10.6. The van der Waals surface area contributed by atoms with E-state index in [-0.39, 0.29) is 11.9 Å². The number of rotatable bonds is 3. The topological polar surface area (TPSA) is 52.4 Å². The van der Waals surface area contributed by atoms with Gasteiger partial charge in [0, 0.05) is 12.1 Å². The molecule has 1 saturated carbocycles. The summed E-state index contributed by atoms with van der Waals surface area (Å²) in [6.07, 6.45) is 0.487. The molecule has 4 nitrogen and oxygen atoms in total. The lowest BCUT2D eigenvalue weighted by Gasteiger charge is -2.20. The van der Waals surface area contributed by atoms with Crippen LogP contribution in [0.25, 0.3) is 0 Å². The average Bonchev–Trinajstić information content (AvgIpc) is 2.66. The summed E-state index contributed by atoms with van der Waals surface area (Å²) in [4.78, 5) is 9.78. The molecule has 1 fully saturated rings. The van der Waals surface area contributed by atoms with Gasteiger partial charge < -0.3 is 4.74 Å². The minimum atomic E-state index is -4.67. The van der Waals surface area contributed by atoms with Gasteiger partial charge in [0.05, 0.1) is 11.0 Å². The molecule has 0 atom stereocenters. The van der Waals surface area contributed by atoms with Gasteiger partial charge in [-0.1, -0.05) is 12.8 Å². The summed E-state index contributed by atoms with van der Waals surface area (Å²) in [6.45, 7) is 0. The number of non-ortho nitro benzene ring substituents is 1. The van der Waals surface area contributed by atoms with Crippen LogP contribution in [0, 0.1) is 10.1 Å². The molecule has 116 valence electrons. The molecule has 0 saturated heterocycles. The molecule has 0 bridgehead atoms. The van der Waals surface area contributed by atoms with Crippen molar-refractivity contribution in [3.8, 4) is 5.75 Å². The van der Waals surface area contributed by atoms with Crippen LogP contribution in [0.2, 0.25) is 0 Å². The molecule has 2 rings (SSSR count). The van der Waals surface area contributed by atoms with Crippen LogP contribution in [0.4, 0.5) is 18.9 Å². The number of ether oxygens (including phenoxy) is 1. The van der Waals surface area contributed by atoms with Crippen LogP contribution in [-0.4, -0.2) is 11.0 Å². The molecule has 7 heteroatoms. The first kappa shape index (κ1) is 15.6. The fourth-order valence-electron chi connectivity index (χ4n) is 2.50. The Morgan fingerprint density at radius 1 is 1.14 bits per heavy atom. The van der Waals surface area contributed by atoms with Gasteiger partial charge in [0.15, 0.2) is 0 Å². The van der Waals surface area contributed by atoms with E-state index in [4.69, 9.17) is 4.74 Å². The largest absolute Gasteiger partial charge is 0.490 e. The fraction of sp³-hybridized carbons (Fsp3) is 0.571. The van der Waals surface area contributed by atoms with Crippen molar-refractivity contribution in [3.05, 3.63) is 33.9 Å². The molecular weight excluding hydrogens is 287 g/mol. The van der Waals surface area contributed by atoms with Crippen molar-refractivity contribution in [1.82, 2.24) is 0 Å². The van der Waals surface area contributed by atoms with Crippen LogP contribution in [0.3, 0.4) is 0 Å². The maximum Gasteiger partial charge on any atom is 0.420 e. The first-order valence-corrected chi connectivity index (χ1v) is 6.90. The fourth-order valence-corrected chi connectivity index (χ4v) is 2.50. The highest BCUT2D eigenvalue weighted by molar-refractivity contribution is 5.45. The monoisotopic (exact) mass is 303 g/mol. The van der Waals surface area contributed by atoms with Crippen LogP contribution >= 0.6 is 0 Å². The summed E-state index contributed by atoms with van der Waals surface area (Å²) in [5.74, 6) is -0.319. The van der Waals surface area contributed by atoms with E-state index in [2.05, 4.69) is 0 Å². The number of nitro groups is 1. The Bertz CT molecular complexity index is 509. The lowest BCUT2D eigenvalue weighted by Crippen LogP contribution is -2.18. The minimum Gasteiger partial charge on any atom is -0.490 e. The molecule has 0 amide bonds. The highest BCUT2D eigenvalue weighted by atomic mass is 19.4. The number of alkyl halides is 3. The highest BCUT2D eigenvalue weighted by Gasteiger charge is 2.36. The predicted molar refractivity (Wildman–Crippen MR) is 70.2 cm³/mol. The molecule has 1 aromatic carbocycles. The van der Waals surface area contributed by atoms with Crippen molar-refractivity contribution in [2.45, 2.75) is 50.8 Å². The van der Waals surface area contributed by atoms with Gasteiger partial charge in [-0.15, -0.1) is 0 Å². The van der Waals surface area contributed by atoms with E-state index in [0.29, 0.717) is 18.9 Å². The number of nitrogens with zero attached hydrogens (tertiary/aromatic N) is 1. The van der Waals surface area contributed by atoms with Gasteiger partial charge in [-0.25, -0.2) is 0 Å². The standard InChI is InChI=1S/C14H16F3NO3/c15-14(16,17)12-9-10(18(19)20)7-8-13(12)21-11-5-3-1-2-4-6-11/h7-9,11H,1-6H2. The van der Waals surface area contributed by atoms with E-state index >= 15 is 0 Å². The number of nitro benzene ring substituents is 1. The molecule has 0 spiro atoms. The van der Waals surface area contributed by atoms with Crippen molar-refractivity contribution in [2.24, 2.45) is 0 Å². The zero-order valence-electron chi connectivity index (χ0n) is 11.4. The number of benzene rings is 1. The number of hydrogen-bond acceptors (Lipinski definition) is 3. The smallest absolute Gasteiger partial charge is 0.420 e. The van der Waals surface area contributed by atoms with Crippen molar-refractivity contribution in [3.63, 3.8) is 0 Å². The molecule has 0 aromatic heterocycles. The summed E-state index contributed by atoms with van der Waals surface area (Å²) in [7, 11) is 0. The van der Waals surface area contributed by atoms with E-state index in [1.54, 1.807) is 0 Å². The maximum absolute atomic E-state index is 13.0. The zero-order chi connectivity index (χ0) is 15.5. The summed E-state index contributed by atoms with van der Waals surface area (Å²) in [5.41, 5.74) is -1.67. The minimum absolute atomic E-state index is 0.255. The SMILES string of the molecule is O=[N+]([O-])c1ccc(OC2CCCCCC2)c(C(F)(F)F)c1. The zero-order valence-corrected chi connectivity index (χ0v) is 11.4. The van der Waals surface area contributed by atoms with Gasteiger partial charge in [-0.3, -0.25) is 10.1 Å². The van der Waals surface area contributed by atoms with Crippen LogP contribution in [0.5, 0.6) is 5.75 Å². The molecule has 1 aliphatic rings. The van der Waals surface area contributed by atoms with Crippen LogP contribution in [-0.2, 0) is 6.18 Å². The normalized spacial score (nSPS) is 17.3. The van der Waals surface area contributed by atoms with Crippen LogP contribution in [0.15, 0.2) is 18.2 Å². The molecule has 1 aromatic rings. The summed E-state index contributed by atoms with van der Waals surface area (Å²) < 4.78 is 44.6. The lowest BCUT2D eigenvalue weighted by atomic mass is 10.1. The Balaban J connectivity index is 2.27. The summed E-state index contributed by atoms with van der Waals surface area (Å²) in [6, 6.07) is 2.62. The Morgan fingerprint density at radius 3 is 2.29 bits per heavy atom. The third-order valence-electron chi connectivity index (χ3n) is 3.58. The van der Waals surface area contributed by atoms with Crippen molar-refractivity contribution in [1.29, 1.82) is 0 Å². The molecular formula is C14H16F3NO3. The van der Waals surface area contributed by atoms with E-state index in [1.807, 2.05) is 0 Å². The van der Waals surface area contributed by atoms with Crippen molar-refractivity contribution < 1.29 is 22.8 Å². The Morgan fingerprint density at radius 2 is 1.76 bits per heavy atom. The number of hydrogen-bond donors (Lipinski definition) is 0. The quantitative estimate of drug-likeness (QED) is 0.461. The maximum atomic E-state index is 13.0. The second-order valence-corrected chi connectivity index (χ2v) is 5.17. The Hall–Kier alpha value is -1.79. The first-order chi connectivity index (χ1) is 9.88. The van der Waals surface area contributed by atoms with Gasteiger partial charge in [0.2, 0.25) is 0 Å². The van der Waals surface area contributed by atoms with Gasteiger partial charge >= 0.3 is 6.18 Å². The molecule has 0 unspecified atom stereocenters. The Kier molecular flexibility index (Phi) is 4.69.